The molecule has 0 aromatic carbocycles. The van der Waals surface area contributed by atoms with Gasteiger partial charge in [-0.1, -0.05) is 13.3 Å². The number of rotatable bonds is 3. The van der Waals surface area contributed by atoms with Crippen molar-refractivity contribution < 1.29 is 4.74 Å². The molecular formula is C13H26N2O. The third-order valence-electron chi connectivity index (χ3n) is 4.74. The van der Waals surface area contributed by atoms with Crippen molar-refractivity contribution in [3.05, 3.63) is 0 Å². The first-order chi connectivity index (χ1) is 7.73. The first-order valence-corrected chi connectivity index (χ1v) is 6.79. The van der Waals surface area contributed by atoms with E-state index >= 15 is 0 Å². The van der Waals surface area contributed by atoms with Gasteiger partial charge in [0, 0.05) is 19.7 Å². The monoisotopic (exact) mass is 226 g/mol. The average Bonchev–Trinajstić information content (AvgIpc) is 2.71. The second-order valence-electron chi connectivity index (χ2n) is 5.43. The first kappa shape index (κ1) is 12.3. The molecule has 2 heterocycles. The molecule has 3 atom stereocenters. The molecule has 0 saturated carbocycles. The SMILES string of the molecule is CCC1CCCN(C2(CN)CCOC2C)C1. The minimum absolute atomic E-state index is 0.133. The normalized spacial score (nSPS) is 41.4. The molecule has 0 radical (unpaired) electrons. The standard InChI is InChI=1S/C13H26N2O/c1-3-12-5-4-7-15(9-12)13(10-14)6-8-16-11(13)2/h11-12H,3-10,14H2,1-2H3. The van der Waals surface area contributed by atoms with E-state index in [-0.39, 0.29) is 5.54 Å². The molecule has 0 aromatic rings. The first-order valence-electron chi connectivity index (χ1n) is 6.79. The molecule has 3 heteroatoms. The van der Waals surface area contributed by atoms with E-state index in [1.165, 1.54) is 32.4 Å². The van der Waals surface area contributed by atoms with Gasteiger partial charge >= 0.3 is 0 Å². The summed E-state index contributed by atoms with van der Waals surface area (Å²) in [6, 6.07) is 0. The van der Waals surface area contributed by atoms with Crippen molar-refractivity contribution in [2.45, 2.75) is 51.2 Å². The molecule has 3 nitrogen and oxygen atoms in total. The molecule has 0 bridgehead atoms. The van der Waals surface area contributed by atoms with Crippen molar-refractivity contribution in [1.29, 1.82) is 0 Å². The molecule has 0 amide bonds. The highest BCUT2D eigenvalue weighted by Crippen LogP contribution is 2.35. The molecule has 2 aliphatic heterocycles. The Labute approximate surface area is 99.3 Å². The quantitative estimate of drug-likeness (QED) is 0.794. The highest BCUT2D eigenvalue weighted by molar-refractivity contribution is 5.01. The summed E-state index contributed by atoms with van der Waals surface area (Å²) in [5, 5.41) is 0. The van der Waals surface area contributed by atoms with Gasteiger partial charge in [0.2, 0.25) is 0 Å². The lowest BCUT2D eigenvalue weighted by atomic mass is 9.85. The lowest BCUT2D eigenvalue weighted by Gasteiger charge is -2.46. The van der Waals surface area contributed by atoms with Gasteiger partial charge in [-0.25, -0.2) is 0 Å². The minimum Gasteiger partial charge on any atom is -0.376 e. The van der Waals surface area contributed by atoms with Gasteiger partial charge in [0.25, 0.3) is 0 Å². The zero-order chi connectivity index (χ0) is 11.6. The maximum atomic E-state index is 6.06. The Morgan fingerprint density at radius 2 is 2.31 bits per heavy atom. The maximum Gasteiger partial charge on any atom is 0.0743 e. The Hall–Kier alpha value is -0.120. The van der Waals surface area contributed by atoms with Crippen molar-refractivity contribution in [2.75, 3.05) is 26.2 Å². The van der Waals surface area contributed by atoms with Crippen molar-refractivity contribution in [3.63, 3.8) is 0 Å². The number of nitrogens with zero attached hydrogens (tertiary/aromatic N) is 1. The molecule has 2 rings (SSSR count). The van der Waals surface area contributed by atoms with E-state index in [0.29, 0.717) is 6.10 Å². The van der Waals surface area contributed by atoms with E-state index in [9.17, 15) is 0 Å². The molecule has 0 aromatic heterocycles. The summed E-state index contributed by atoms with van der Waals surface area (Å²) < 4.78 is 5.76. The van der Waals surface area contributed by atoms with Crippen LogP contribution in [0.2, 0.25) is 0 Å². The van der Waals surface area contributed by atoms with Crippen LogP contribution in [0.4, 0.5) is 0 Å². The van der Waals surface area contributed by atoms with Gasteiger partial charge in [0.15, 0.2) is 0 Å². The highest BCUT2D eigenvalue weighted by Gasteiger charge is 2.46. The number of hydrogen-bond acceptors (Lipinski definition) is 3. The van der Waals surface area contributed by atoms with Crippen LogP contribution in [0.3, 0.4) is 0 Å². The van der Waals surface area contributed by atoms with Crippen molar-refractivity contribution in [2.24, 2.45) is 11.7 Å². The van der Waals surface area contributed by atoms with Crippen LogP contribution in [0.15, 0.2) is 0 Å². The zero-order valence-electron chi connectivity index (χ0n) is 10.7. The van der Waals surface area contributed by atoms with E-state index in [1.54, 1.807) is 0 Å². The van der Waals surface area contributed by atoms with Crippen molar-refractivity contribution in [3.8, 4) is 0 Å². The molecule has 2 fully saturated rings. The van der Waals surface area contributed by atoms with Gasteiger partial charge in [0.1, 0.15) is 0 Å². The number of ether oxygens (including phenoxy) is 1. The van der Waals surface area contributed by atoms with Crippen LogP contribution < -0.4 is 5.73 Å². The predicted octanol–water partition coefficient (Wildman–Crippen LogP) is 1.61. The number of piperidine rings is 1. The van der Waals surface area contributed by atoms with Gasteiger partial charge in [-0.2, -0.15) is 0 Å². The second kappa shape index (κ2) is 5.03. The van der Waals surface area contributed by atoms with Crippen molar-refractivity contribution in [1.82, 2.24) is 4.90 Å². The molecule has 0 spiro atoms. The molecule has 3 unspecified atom stereocenters. The van der Waals surface area contributed by atoms with Crippen LogP contribution >= 0.6 is 0 Å². The van der Waals surface area contributed by atoms with E-state index in [2.05, 4.69) is 18.7 Å². The van der Waals surface area contributed by atoms with Gasteiger partial charge in [-0.15, -0.1) is 0 Å². The van der Waals surface area contributed by atoms with Crippen LogP contribution in [0.1, 0.15) is 39.5 Å². The van der Waals surface area contributed by atoms with Gasteiger partial charge in [0.05, 0.1) is 11.6 Å². The Kier molecular flexibility index (Phi) is 3.88. The minimum atomic E-state index is 0.133. The summed E-state index contributed by atoms with van der Waals surface area (Å²) in [6.07, 6.45) is 5.43. The molecular weight excluding hydrogens is 200 g/mol. The Balaban J connectivity index is 2.08. The molecule has 94 valence electrons. The zero-order valence-corrected chi connectivity index (χ0v) is 10.7. The van der Waals surface area contributed by atoms with E-state index in [0.717, 1.165) is 25.5 Å². The number of hydrogen-bond donors (Lipinski definition) is 1. The average molecular weight is 226 g/mol. The van der Waals surface area contributed by atoms with Crippen LogP contribution in [-0.2, 0) is 4.74 Å². The van der Waals surface area contributed by atoms with Crippen LogP contribution in [0.25, 0.3) is 0 Å². The molecule has 2 saturated heterocycles. The molecule has 0 aliphatic carbocycles. The summed E-state index contributed by atoms with van der Waals surface area (Å²) in [6.45, 7) is 8.55. The topological polar surface area (TPSA) is 38.5 Å². The number of likely N-dealkylation sites (tertiary alicyclic amines) is 1. The van der Waals surface area contributed by atoms with Gasteiger partial charge in [-0.3, -0.25) is 4.90 Å². The van der Waals surface area contributed by atoms with E-state index in [1.807, 2.05) is 0 Å². The molecule has 2 aliphatic rings. The fraction of sp³-hybridized carbons (Fsp3) is 1.00. The third-order valence-corrected chi connectivity index (χ3v) is 4.74. The summed E-state index contributed by atoms with van der Waals surface area (Å²) in [7, 11) is 0. The van der Waals surface area contributed by atoms with Crippen LogP contribution in [0.5, 0.6) is 0 Å². The Bertz CT molecular complexity index is 234. The lowest BCUT2D eigenvalue weighted by molar-refractivity contribution is -0.00831. The second-order valence-corrected chi connectivity index (χ2v) is 5.43. The summed E-state index contributed by atoms with van der Waals surface area (Å²) >= 11 is 0. The highest BCUT2D eigenvalue weighted by atomic mass is 16.5. The molecule has 2 N–H and O–H groups in total. The number of nitrogens with two attached hydrogens (primary N) is 1. The largest absolute Gasteiger partial charge is 0.376 e. The molecule has 16 heavy (non-hydrogen) atoms. The lowest BCUT2D eigenvalue weighted by Crippen LogP contribution is -2.60. The van der Waals surface area contributed by atoms with Crippen LogP contribution in [-0.4, -0.2) is 42.8 Å². The van der Waals surface area contributed by atoms with Gasteiger partial charge in [-0.05, 0) is 38.6 Å². The van der Waals surface area contributed by atoms with Crippen molar-refractivity contribution >= 4 is 0 Å². The fourth-order valence-corrected chi connectivity index (χ4v) is 3.39. The Morgan fingerprint density at radius 3 is 2.88 bits per heavy atom. The van der Waals surface area contributed by atoms with E-state index < -0.39 is 0 Å². The summed E-state index contributed by atoms with van der Waals surface area (Å²) in [5.74, 6) is 0.866. The Morgan fingerprint density at radius 1 is 1.50 bits per heavy atom. The van der Waals surface area contributed by atoms with E-state index in [4.69, 9.17) is 10.5 Å². The smallest absolute Gasteiger partial charge is 0.0743 e. The summed E-state index contributed by atoms with van der Waals surface area (Å²) in [4.78, 5) is 2.63. The third kappa shape index (κ3) is 2.01. The summed E-state index contributed by atoms with van der Waals surface area (Å²) in [5.41, 5.74) is 6.19. The van der Waals surface area contributed by atoms with Crippen LogP contribution in [0, 0.1) is 5.92 Å². The maximum absolute atomic E-state index is 6.06. The predicted molar refractivity (Wildman–Crippen MR) is 66.4 cm³/mol. The van der Waals surface area contributed by atoms with Gasteiger partial charge < -0.3 is 10.5 Å². The fourth-order valence-electron chi connectivity index (χ4n) is 3.39.